The number of fused-ring (bicyclic) bond motifs is 1. The highest BCUT2D eigenvalue weighted by atomic mass is 16.5. The summed E-state index contributed by atoms with van der Waals surface area (Å²) in [6.07, 6.45) is 3.21. The first-order valence-electron chi connectivity index (χ1n) is 7.78. The number of hydroxylamine groups is 1. The van der Waals surface area contributed by atoms with E-state index < -0.39 is 0 Å². The number of phenols is 1. The maximum Gasteiger partial charge on any atom is 0.236 e. The van der Waals surface area contributed by atoms with Crippen LogP contribution in [-0.2, 0) is 17.8 Å². The number of aromatic hydroxyl groups is 1. The number of phenolic OH excluding ortho intramolecular Hbond substituents is 1. The fourth-order valence-corrected chi connectivity index (χ4v) is 2.96. The van der Waals surface area contributed by atoms with Crippen LogP contribution in [0.15, 0.2) is 18.2 Å². The third-order valence-corrected chi connectivity index (χ3v) is 3.93. The molecule has 0 aliphatic carbocycles. The van der Waals surface area contributed by atoms with Gasteiger partial charge in [0.1, 0.15) is 5.75 Å². The zero-order valence-electron chi connectivity index (χ0n) is 13.0. The summed E-state index contributed by atoms with van der Waals surface area (Å²) < 4.78 is 0. The molecule has 4 N–H and O–H groups in total. The molecule has 6 heteroatoms. The average Bonchev–Trinajstić information content (AvgIpc) is 2.43. The Morgan fingerprint density at radius 1 is 1.36 bits per heavy atom. The molecule has 2 rings (SSSR count). The van der Waals surface area contributed by atoms with Crippen molar-refractivity contribution in [3.63, 3.8) is 0 Å². The lowest BCUT2D eigenvalue weighted by atomic mass is 9.98. The van der Waals surface area contributed by atoms with Gasteiger partial charge in [0, 0.05) is 19.1 Å². The summed E-state index contributed by atoms with van der Waals surface area (Å²) in [5.41, 5.74) is 4.32. The Kier molecular flexibility index (Phi) is 6.18. The van der Waals surface area contributed by atoms with Gasteiger partial charge in [0.2, 0.25) is 5.91 Å². The van der Waals surface area contributed by atoms with Crippen molar-refractivity contribution in [3.05, 3.63) is 29.3 Å². The molecule has 0 bridgehead atoms. The predicted molar refractivity (Wildman–Crippen MR) is 83.7 cm³/mol. The molecule has 1 aliphatic heterocycles. The van der Waals surface area contributed by atoms with Crippen molar-refractivity contribution in [1.29, 1.82) is 0 Å². The van der Waals surface area contributed by atoms with E-state index in [2.05, 4.69) is 10.2 Å². The van der Waals surface area contributed by atoms with Gasteiger partial charge in [-0.25, -0.2) is 0 Å². The number of nitrogens with zero attached hydrogens (tertiary/aromatic N) is 1. The Morgan fingerprint density at radius 3 is 2.95 bits per heavy atom. The number of rotatable bonds is 5. The minimum atomic E-state index is -0.215. The summed E-state index contributed by atoms with van der Waals surface area (Å²) in [7, 11) is 0. The normalized spacial score (nSPS) is 17.2. The molecule has 1 atom stereocenters. The van der Waals surface area contributed by atoms with Crippen LogP contribution in [0.3, 0.4) is 0 Å². The number of carbonyl (C=O) groups excluding carboxylic acids is 1. The molecule has 0 radical (unpaired) electrons. The van der Waals surface area contributed by atoms with E-state index in [0.29, 0.717) is 5.75 Å². The van der Waals surface area contributed by atoms with E-state index in [1.165, 1.54) is 11.1 Å². The maximum absolute atomic E-state index is 11.5. The average molecular weight is 307 g/mol. The van der Waals surface area contributed by atoms with Crippen molar-refractivity contribution in [1.82, 2.24) is 15.7 Å². The smallest absolute Gasteiger partial charge is 0.236 e. The zero-order chi connectivity index (χ0) is 15.9. The summed E-state index contributed by atoms with van der Waals surface area (Å²) in [5.74, 6) is 0.107. The van der Waals surface area contributed by atoms with E-state index in [1.54, 1.807) is 6.07 Å². The maximum atomic E-state index is 11.5. The second-order valence-corrected chi connectivity index (χ2v) is 5.95. The Labute approximate surface area is 131 Å². The third-order valence-electron chi connectivity index (χ3n) is 3.93. The van der Waals surface area contributed by atoms with Crippen LogP contribution in [0.25, 0.3) is 0 Å². The van der Waals surface area contributed by atoms with Gasteiger partial charge in [0.15, 0.2) is 0 Å². The number of nitrogens with one attached hydrogen (secondary N) is 2. The highest BCUT2D eigenvalue weighted by Crippen LogP contribution is 2.22. The van der Waals surface area contributed by atoms with Crippen LogP contribution in [0.5, 0.6) is 5.75 Å². The van der Waals surface area contributed by atoms with E-state index >= 15 is 0 Å². The van der Waals surface area contributed by atoms with Crippen molar-refractivity contribution in [2.75, 3.05) is 19.6 Å². The summed E-state index contributed by atoms with van der Waals surface area (Å²) in [6, 6.07) is 5.59. The van der Waals surface area contributed by atoms with Gasteiger partial charge in [-0.15, -0.1) is 0 Å². The van der Waals surface area contributed by atoms with E-state index in [9.17, 15) is 9.90 Å². The third kappa shape index (κ3) is 4.98. The molecule has 1 aliphatic rings. The lowest BCUT2D eigenvalue weighted by Gasteiger charge is -2.29. The van der Waals surface area contributed by atoms with E-state index in [4.69, 9.17) is 5.21 Å². The molecule has 122 valence electrons. The van der Waals surface area contributed by atoms with Crippen molar-refractivity contribution < 1.29 is 15.1 Å². The lowest BCUT2D eigenvalue weighted by Crippen LogP contribution is -2.44. The highest BCUT2D eigenvalue weighted by molar-refractivity contribution is 5.78. The first-order valence-corrected chi connectivity index (χ1v) is 7.78. The number of aryl methyl sites for hydroxylation is 1. The van der Waals surface area contributed by atoms with Gasteiger partial charge in [-0.05, 0) is 56.0 Å². The van der Waals surface area contributed by atoms with Crippen LogP contribution in [0.4, 0.5) is 0 Å². The van der Waals surface area contributed by atoms with Crippen LogP contribution in [-0.4, -0.2) is 46.8 Å². The quantitative estimate of drug-likeness (QED) is 0.610. The first-order chi connectivity index (χ1) is 10.6. The van der Waals surface area contributed by atoms with Crippen molar-refractivity contribution in [3.8, 4) is 5.75 Å². The van der Waals surface area contributed by atoms with Gasteiger partial charge in [-0.2, -0.15) is 5.48 Å². The van der Waals surface area contributed by atoms with Gasteiger partial charge in [-0.1, -0.05) is 6.07 Å². The van der Waals surface area contributed by atoms with Crippen LogP contribution in [0.1, 0.15) is 30.9 Å². The van der Waals surface area contributed by atoms with E-state index in [-0.39, 0.29) is 18.5 Å². The van der Waals surface area contributed by atoms with E-state index in [1.807, 2.05) is 24.5 Å². The summed E-state index contributed by atoms with van der Waals surface area (Å²) in [4.78, 5) is 13.8. The molecule has 0 unspecified atom stereocenters. The second-order valence-electron chi connectivity index (χ2n) is 5.95. The molecule has 6 nitrogen and oxygen atoms in total. The number of hydrogen-bond acceptors (Lipinski definition) is 5. The van der Waals surface area contributed by atoms with Gasteiger partial charge in [0.25, 0.3) is 0 Å². The van der Waals surface area contributed by atoms with Gasteiger partial charge < -0.3 is 15.6 Å². The largest absolute Gasteiger partial charge is 0.508 e. The Bertz CT molecular complexity index is 507. The molecule has 22 heavy (non-hydrogen) atoms. The second kappa shape index (κ2) is 8.12. The van der Waals surface area contributed by atoms with Gasteiger partial charge >= 0.3 is 0 Å². The van der Waals surface area contributed by atoms with Crippen molar-refractivity contribution in [2.24, 2.45) is 0 Å². The molecule has 0 aromatic heterocycles. The number of amides is 1. The molecular formula is C16H25N3O3. The molecule has 0 spiro atoms. The van der Waals surface area contributed by atoms with Crippen LogP contribution < -0.4 is 10.8 Å². The first kappa shape index (κ1) is 16.7. The summed E-state index contributed by atoms with van der Waals surface area (Å²) >= 11 is 0. The predicted octanol–water partition coefficient (Wildman–Crippen LogP) is 1.01. The number of benzene rings is 1. The van der Waals surface area contributed by atoms with E-state index in [0.717, 1.165) is 38.9 Å². The van der Waals surface area contributed by atoms with Crippen LogP contribution >= 0.6 is 0 Å². The minimum absolute atomic E-state index is 0.0147. The molecule has 1 heterocycles. The molecule has 1 aromatic rings. The monoisotopic (exact) mass is 307 g/mol. The van der Waals surface area contributed by atoms with Crippen molar-refractivity contribution >= 4 is 5.91 Å². The molecular weight excluding hydrogens is 282 g/mol. The number of hydrogen-bond donors (Lipinski definition) is 4. The fourth-order valence-electron chi connectivity index (χ4n) is 2.96. The topological polar surface area (TPSA) is 84.8 Å². The molecule has 0 saturated heterocycles. The van der Waals surface area contributed by atoms with Crippen LogP contribution in [0, 0.1) is 0 Å². The van der Waals surface area contributed by atoms with Gasteiger partial charge in [-0.3, -0.25) is 9.69 Å². The summed E-state index contributed by atoms with van der Waals surface area (Å²) in [6.45, 7) is 4.46. The highest BCUT2D eigenvalue weighted by Gasteiger charge is 2.16. The standard InChI is InChI=1S/C16H25N3O3/c1-12(18-16(21)9-17-22)10-19-7-3-2-4-13-8-15(20)6-5-14(13)11-19/h5-6,8,12,17,20,22H,2-4,7,9-11H2,1H3,(H,18,21)/t12-/m0/s1. The minimum Gasteiger partial charge on any atom is -0.508 e. The Morgan fingerprint density at radius 2 is 2.18 bits per heavy atom. The fraction of sp³-hybridized carbons (Fsp3) is 0.562. The molecule has 0 fully saturated rings. The zero-order valence-corrected chi connectivity index (χ0v) is 13.0. The Hall–Kier alpha value is -1.63. The lowest BCUT2D eigenvalue weighted by molar-refractivity contribution is -0.122. The molecule has 1 aromatic carbocycles. The molecule has 0 saturated carbocycles. The van der Waals surface area contributed by atoms with Gasteiger partial charge in [0.05, 0.1) is 6.54 Å². The SMILES string of the molecule is C[C@@H](CN1CCCCc2cc(O)ccc2C1)NC(=O)CNO. The molecule has 1 amide bonds. The van der Waals surface area contributed by atoms with Crippen molar-refractivity contribution in [2.45, 2.75) is 38.8 Å². The Balaban J connectivity index is 1.96. The summed E-state index contributed by atoms with van der Waals surface area (Å²) in [5, 5.41) is 21.0. The number of carbonyl (C=O) groups is 1. The van der Waals surface area contributed by atoms with Crippen LogP contribution in [0.2, 0.25) is 0 Å².